The van der Waals surface area contributed by atoms with Gasteiger partial charge in [-0.2, -0.15) is 0 Å². The highest BCUT2D eigenvalue weighted by Gasteiger charge is 2.49. The molecule has 1 aliphatic heterocycles. The van der Waals surface area contributed by atoms with E-state index < -0.39 is 5.54 Å². The number of benzene rings is 3. The number of nitrogens with one attached hydrogen (secondary N) is 2. The lowest BCUT2D eigenvalue weighted by atomic mass is 9.79. The molecule has 0 spiro atoms. The lowest BCUT2D eigenvalue weighted by molar-refractivity contribution is 0.0941. The van der Waals surface area contributed by atoms with Gasteiger partial charge in [-0.25, -0.2) is 0 Å². The highest BCUT2D eigenvalue weighted by molar-refractivity contribution is 6.36. The van der Waals surface area contributed by atoms with E-state index in [1.165, 1.54) is 0 Å². The fraction of sp³-hybridized carbons (Fsp3) is 0.0455. The number of para-hydroxylation sites is 1. The van der Waals surface area contributed by atoms with Crippen molar-refractivity contribution in [3.8, 4) is 0 Å². The van der Waals surface area contributed by atoms with Crippen LogP contribution in [0, 0.1) is 0 Å². The summed E-state index contributed by atoms with van der Waals surface area (Å²) < 4.78 is 0. The van der Waals surface area contributed by atoms with Crippen LogP contribution in [0.3, 0.4) is 0 Å². The zero-order valence-corrected chi connectivity index (χ0v) is 14.5. The largest absolute Gasteiger partial charge is 0.365 e. The predicted octanol–water partition coefficient (Wildman–Crippen LogP) is 5.37. The van der Waals surface area contributed by atoms with Crippen molar-refractivity contribution in [1.82, 2.24) is 4.98 Å². The van der Waals surface area contributed by atoms with Gasteiger partial charge in [0.15, 0.2) is 11.3 Å². The molecule has 0 saturated carbocycles. The van der Waals surface area contributed by atoms with Crippen molar-refractivity contribution in [3.05, 3.63) is 101 Å². The van der Waals surface area contributed by atoms with Gasteiger partial charge in [0.2, 0.25) is 0 Å². The van der Waals surface area contributed by atoms with Crippen LogP contribution < -0.4 is 5.32 Å². The van der Waals surface area contributed by atoms with Gasteiger partial charge in [0.25, 0.3) is 0 Å². The summed E-state index contributed by atoms with van der Waals surface area (Å²) in [4.78, 5) is 16.9. The molecule has 0 saturated heterocycles. The van der Waals surface area contributed by atoms with Crippen molar-refractivity contribution in [2.45, 2.75) is 5.54 Å². The molecule has 3 aromatic carbocycles. The third kappa shape index (κ3) is 1.92. The number of aromatic nitrogens is 1. The monoisotopic (exact) mass is 358 g/mol. The molecule has 0 bridgehead atoms. The molecular formula is C22H15ClN2O. The molecule has 0 radical (unpaired) electrons. The molecule has 2 heterocycles. The van der Waals surface area contributed by atoms with Gasteiger partial charge in [-0.3, -0.25) is 4.79 Å². The third-order valence-corrected chi connectivity index (χ3v) is 5.42. The van der Waals surface area contributed by atoms with Crippen molar-refractivity contribution in [3.63, 3.8) is 0 Å². The molecule has 0 amide bonds. The third-order valence-electron chi connectivity index (χ3n) is 5.10. The number of Topliss-reactive ketones (excluding diaryl/α,β-unsaturated/α-hetero) is 1. The number of carbonyl (C=O) groups is 1. The number of hydrogen-bond donors (Lipinski definition) is 2. The Kier molecular flexibility index (Phi) is 3.21. The molecule has 1 aliphatic rings. The van der Waals surface area contributed by atoms with Gasteiger partial charge >= 0.3 is 0 Å². The Bertz CT molecular complexity index is 1150. The van der Waals surface area contributed by atoms with E-state index in [9.17, 15) is 4.79 Å². The molecule has 0 fully saturated rings. The van der Waals surface area contributed by atoms with E-state index in [0.717, 1.165) is 27.7 Å². The SMILES string of the molecule is O=C1c2ccccc2NC1(c1ccccc1)c1c[nH]c2cccc(Cl)c12. The van der Waals surface area contributed by atoms with E-state index in [4.69, 9.17) is 11.6 Å². The van der Waals surface area contributed by atoms with Gasteiger partial charge in [0, 0.05) is 33.9 Å². The van der Waals surface area contributed by atoms with Crippen molar-refractivity contribution in [2.75, 3.05) is 5.32 Å². The zero-order chi connectivity index (χ0) is 17.7. The maximum absolute atomic E-state index is 13.7. The lowest BCUT2D eigenvalue weighted by Crippen LogP contribution is -2.39. The fourth-order valence-electron chi connectivity index (χ4n) is 3.92. The van der Waals surface area contributed by atoms with Gasteiger partial charge in [0.1, 0.15) is 0 Å². The quantitative estimate of drug-likeness (QED) is 0.505. The van der Waals surface area contributed by atoms with E-state index in [0.29, 0.717) is 10.6 Å². The maximum Gasteiger partial charge on any atom is 0.199 e. The highest BCUT2D eigenvalue weighted by Crippen LogP contribution is 2.47. The van der Waals surface area contributed by atoms with Crippen molar-refractivity contribution >= 4 is 34.0 Å². The average Bonchev–Trinajstić information content (AvgIpc) is 3.24. The number of rotatable bonds is 2. The normalized spacial score (nSPS) is 18.7. The van der Waals surface area contributed by atoms with E-state index in [2.05, 4.69) is 10.3 Å². The Morgan fingerprint density at radius 2 is 1.62 bits per heavy atom. The highest BCUT2D eigenvalue weighted by atomic mass is 35.5. The van der Waals surface area contributed by atoms with Crippen LogP contribution in [-0.4, -0.2) is 10.8 Å². The minimum atomic E-state index is -1.01. The van der Waals surface area contributed by atoms with Crippen molar-refractivity contribution in [1.29, 1.82) is 0 Å². The molecular weight excluding hydrogens is 344 g/mol. The number of hydrogen-bond acceptors (Lipinski definition) is 2. The number of ketones is 1. The van der Waals surface area contributed by atoms with E-state index in [-0.39, 0.29) is 5.78 Å². The van der Waals surface area contributed by atoms with Gasteiger partial charge in [-0.15, -0.1) is 0 Å². The fourth-order valence-corrected chi connectivity index (χ4v) is 4.20. The molecule has 0 aliphatic carbocycles. The van der Waals surface area contributed by atoms with Crippen molar-refractivity contribution < 1.29 is 4.79 Å². The zero-order valence-electron chi connectivity index (χ0n) is 13.8. The summed E-state index contributed by atoms with van der Waals surface area (Å²) in [6.45, 7) is 0. The molecule has 126 valence electrons. The summed E-state index contributed by atoms with van der Waals surface area (Å²) in [6, 6.07) is 23.2. The Labute approximate surface area is 155 Å². The van der Waals surface area contributed by atoms with E-state index >= 15 is 0 Å². The Morgan fingerprint density at radius 3 is 2.42 bits per heavy atom. The number of aromatic amines is 1. The van der Waals surface area contributed by atoms with E-state index in [1.807, 2.05) is 79.0 Å². The summed E-state index contributed by atoms with van der Waals surface area (Å²) in [5, 5.41) is 5.00. The molecule has 1 unspecified atom stereocenters. The van der Waals surface area contributed by atoms with Gasteiger partial charge in [-0.05, 0) is 29.8 Å². The van der Waals surface area contributed by atoms with Crippen LogP contribution in [0.15, 0.2) is 79.0 Å². The van der Waals surface area contributed by atoms with Gasteiger partial charge in [0.05, 0.1) is 5.02 Å². The second kappa shape index (κ2) is 5.48. The summed E-state index contributed by atoms with van der Waals surface area (Å²) in [5.74, 6) is 0.0279. The van der Waals surface area contributed by atoms with Crippen LogP contribution in [0.1, 0.15) is 21.5 Å². The number of anilines is 1. The van der Waals surface area contributed by atoms with Gasteiger partial charge in [-0.1, -0.05) is 60.1 Å². The molecule has 26 heavy (non-hydrogen) atoms. The summed E-state index contributed by atoms with van der Waals surface area (Å²) >= 11 is 6.53. The predicted molar refractivity (Wildman–Crippen MR) is 105 cm³/mol. The first kappa shape index (κ1) is 15.2. The maximum atomic E-state index is 13.7. The Hall–Kier alpha value is -3.04. The van der Waals surface area contributed by atoms with Crippen molar-refractivity contribution in [2.24, 2.45) is 0 Å². The van der Waals surface area contributed by atoms with Crippen LogP contribution in [0.4, 0.5) is 5.69 Å². The van der Waals surface area contributed by atoms with Crippen LogP contribution >= 0.6 is 11.6 Å². The van der Waals surface area contributed by atoms with Gasteiger partial charge < -0.3 is 10.3 Å². The molecule has 4 heteroatoms. The van der Waals surface area contributed by atoms with Crippen LogP contribution in [0.2, 0.25) is 5.02 Å². The Balaban J connectivity index is 1.87. The number of fused-ring (bicyclic) bond motifs is 2. The average molecular weight is 359 g/mol. The molecule has 5 rings (SSSR count). The molecule has 1 atom stereocenters. The first-order valence-electron chi connectivity index (χ1n) is 8.45. The minimum absolute atomic E-state index is 0.0279. The lowest BCUT2D eigenvalue weighted by Gasteiger charge is -2.29. The van der Waals surface area contributed by atoms with E-state index in [1.54, 1.807) is 0 Å². The summed E-state index contributed by atoms with van der Waals surface area (Å²) in [7, 11) is 0. The topological polar surface area (TPSA) is 44.9 Å². The first-order valence-corrected chi connectivity index (χ1v) is 8.83. The van der Waals surface area contributed by atoms with Crippen LogP contribution in [-0.2, 0) is 5.54 Å². The summed E-state index contributed by atoms with van der Waals surface area (Å²) in [6.07, 6.45) is 1.89. The summed E-state index contributed by atoms with van der Waals surface area (Å²) in [5.41, 5.74) is 3.16. The van der Waals surface area contributed by atoms with Crippen LogP contribution in [0.25, 0.3) is 10.9 Å². The number of halogens is 1. The minimum Gasteiger partial charge on any atom is -0.365 e. The molecule has 1 aromatic heterocycles. The number of carbonyl (C=O) groups excluding carboxylic acids is 1. The standard InChI is InChI=1S/C22H15ClN2O/c23-17-10-6-12-19-20(17)16(13-24-19)22(14-7-2-1-3-8-14)21(26)15-9-4-5-11-18(15)25-22/h1-13,24-25H. The Morgan fingerprint density at radius 1 is 0.846 bits per heavy atom. The molecule has 3 nitrogen and oxygen atoms in total. The second-order valence-electron chi connectivity index (χ2n) is 6.48. The number of H-pyrrole nitrogens is 1. The second-order valence-corrected chi connectivity index (χ2v) is 6.89. The first-order chi connectivity index (χ1) is 12.7. The molecule has 2 N–H and O–H groups in total. The van der Waals surface area contributed by atoms with Crippen LogP contribution in [0.5, 0.6) is 0 Å². The molecule has 4 aromatic rings. The smallest absolute Gasteiger partial charge is 0.199 e.